The average Bonchev–Trinajstić information content (AvgIpc) is 2.85. The molecule has 1 aromatic heterocycles. The average molecular weight is 505 g/mol. The van der Waals surface area contributed by atoms with Crippen molar-refractivity contribution in [1.82, 2.24) is 10.3 Å². The molecule has 0 saturated heterocycles. The predicted octanol–water partition coefficient (Wildman–Crippen LogP) is 5.15. The molecule has 1 amide bonds. The third kappa shape index (κ3) is 5.38. The molecule has 0 spiro atoms. The summed E-state index contributed by atoms with van der Waals surface area (Å²) in [5.74, 6) is -0.310. The van der Waals surface area contributed by atoms with Gasteiger partial charge in [0.1, 0.15) is 5.75 Å². The van der Waals surface area contributed by atoms with E-state index in [1.807, 2.05) is 72.8 Å². The second kappa shape index (κ2) is 10.3. The number of carbonyl (C=O) groups is 2. The molecule has 0 atom stereocenters. The fourth-order valence-electron chi connectivity index (χ4n) is 3.44. The van der Waals surface area contributed by atoms with Crippen LogP contribution in [0.2, 0.25) is 0 Å². The van der Waals surface area contributed by atoms with Crippen LogP contribution in [0.15, 0.2) is 83.3 Å². The van der Waals surface area contributed by atoms with Gasteiger partial charge < -0.3 is 14.8 Å². The van der Waals surface area contributed by atoms with Crippen molar-refractivity contribution < 1.29 is 19.1 Å². The molecule has 33 heavy (non-hydrogen) atoms. The number of hydrogen-bond donors (Lipinski definition) is 1. The number of pyridine rings is 1. The summed E-state index contributed by atoms with van der Waals surface area (Å²) in [7, 11) is 1.57. The van der Waals surface area contributed by atoms with Gasteiger partial charge in [0.05, 0.1) is 23.9 Å². The Kier molecular flexibility index (Phi) is 7.00. The lowest BCUT2D eigenvalue weighted by Gasteiger charge is -2.11. The molecule has 0 saturated carbocycles. The fraction of sp³-hybridized carbons (Fsp3) is 0.115. The molecular formula is C26H21BrN2O4. The van der Waals surface area contributed by atoms with Crippen molar-refractivity contribution >= 4 is 38.7 Å². The third-order valence-electron chi connectivity index (χ3n) is 5.06. The van der Waals surface area contributed by atoms with E-state index in [1.165, 1.54) is 0 Å². The molecule has 1 heterocycles. The maximum atomic E-state index is 12.9. The number of rotatable bonds is 7. The number of ether oxygens (including phenoxy) is 2. The van der Waals surface area contributed by atoms with Gasteiger partial charge in [0, 0.05) is 27.5 Å². The molecule has 0 aliphatic rings. The molecule has 0 radical (unpaired) electrons. The Balaban J connectivity index is 1.50. The topological polar surface area (TPSA) is 77.5 Å². The number of benzene rings is 3. The molecule has 0 unspecified atom stereocenters. The number of carbonyl (C=O) groups excluding carboxylic acids is 2. The summed E-state index contributed by atoms with van der Waals surface area (Å²) in [6, 6.07) is 24.1. The van der Waals surface area contributed by atoms with Gasteiger partial charge in [-0.2, -0.15) is 0 Å². The van der Waals surface area contributed by atoms with Gasteiger partial charge in [0.25, 0.3) is 5.91 Å². The van der Waals surface area contributed by atoms with Gasteiger partial charge in [-0.25, -0.2) is 9.78 Å². The number of fused-ring (bicyclic) bond motifs is 1. The molecule has 0 aliphatic heterocycles. The number of para-hydroxylation sites is 2. The van der Waals surface area contributed by atoms with E-state index in [9.17, 15) is 9.59 Å². The molecule has 7 heteroatoms. The zero-order valence-corrected chi connectivity index (χ0v) is 19.5. The number of hydrogen-bond acceptors (Lipinski definition) is 5. The molecule has 0 aliphatic carbocycles. The van der Waals surface area contributed by atoms with E-state index in [1.54, 1.807) is 13.2 Å². The summed E-state index contributed by atoms with van der Waals surface area (Å²) in [6.07, 6.45) is 0. The van der Waals surface area contributed by atoms with Crippen molar-refractivity contribution in [3.05, 3.63) is 94.5 Å². The van der Waals surface area contributed by atoms with E-state index in [2.05, 4.69) is 26.2 Å². The van der Waals surface area contributed by atoms with Crippen LogP contribution < -0.4 is 10.1 Å². The number of nitrogens with one attached hydrogen (secondary N) is 1. The molecule has 6 nitrogen and oxygen atoms in total. The first-order valence-electron chi connectivity index (χ1n) is 10.3. The largest absolute Gasteiger partial charge is 0.496 e. The van der Waals surface area contributed by atoms with Crippen molar-refractivity contribution in [2.24, 2.45) is 0 Å². The number of aromatic nitrogens is 1. The SMILES string of the molecule is COc1ccccc1CNC(=O)COC(=O)c1cc(-c2cccc(Br)c2)nc2ccccc12. The van der Waals surface area contributed by atoms with Crippen molar-refractivity contribution in [2.75, 3.05) is 13.7 Å². The number of halogens is 1. The molecule has 1 N–H and O–H groups in total. The standard InChI is InChI=1S/C26H21BrN2O4/c1-32-24-12-5-2-7-18(24)15-28-25(30)16-33-26(31)21-14-23(17-8-6-9-19(27)13-17)29-22-11-4-3-10-20(21)22/h2-14H,15-16H2,1H3,(H,28,30). The summed E-state index contributed by atoms with van der Waals surface area (Å²) in [4.78, 5) is 29.9. The van der Waals surface area contributed by atoms with Crippen LogP contribution >= 0.6 is 15.9 Å². The zero-order valence-electron chi connectivity index (χ0n) is 17.9. The predicted molar refractivity (Wildman–Crippen MR) is 130 cm³/mol. The number of esters is 1. The van der Waals surface area contributed by atoms with E-state index >= 15 is 0 Å². The number of amides is 1. The van der Waals surface area contributed by atoms with Crippen molar-refractivity contribution in [1.29, 1.82) is 0 Å². The van der Waals surface area contributed by atoms with Crippen LogP contribution in [-0.2, 0) is 16.1 Å². The van der Waals surface area contributed by atoms with Crippen LogP contribution in [0.25, 0.3) is 22.2 Å². The Morgan fingerprint density at radius 2 is 1.76 bits per heavy atom. The quantitative estimate of drug-likeness (QED) is 0.352. The van der Waals surface area contributed by atoms with Gasteiger partial charge in [-0.1, -0.05) is 64.5 Å². The number of methoxy groups -OCH3 is 1. The van der Waals surface area contributed by atoms with Crippen LogP contribution in [0.5, 0.6) is 5.75 Å². The highest BCUT2D eigenvalue weighted by Crippen LogP contribution is 2.27. The van der Waals surface area contributed by atoms with E-state index in [-0.39, 0.29) is 6.54 Å². The van der Waals surface area contributed by atoms with Crippen LogP contribution in [-0.4, -0.2) is 30.6 Å². The third-order valence-corrected chi connectivity index (χ3v) is 5.55. The zero-order chi connectivity index (χ0) is 23.2. The molecule has 3 aromatic carbocycles. The highest BCUT2D eigenvalue weighted by molar-refractivity contribution is 9.10. The summed E-state index contributed by atoms with van der Waals surface area (Å²) in [5.41, 5.74) is 3.36. The highest BCUT2D eigenvalue weighted by atomic mass is 79.9. The van der Waals surface area contributed by atoms with Crippen molar-refractivity contribution in [3.63, 3.8) is 0 Å². The van der Waals surface area contributed by atoms with Crippen LogP contribution in [0.4, 0.5) is 0 Å². The van der Waals surface area contributed by atoms with Crippen LogP contribution in [0.3, 0.4) is 0 Å². The van der Waals surface area contributed by atoms with E-state index in [4.69, 9.17) is 9.47 Å². The molecule has 0 bridgehead atoms. The summed E-state index contributed by atoms with van der Waals surface area (Å²) < 4.78 is 11.5. The second-order valence-corrected chi connectivity index (χ2v) is 8.16. The molecule has 0 fully saturated rings. The van der Waals surface area contributed by atoms with E-state index in [0.29, 0.717) is 27.9 Å². The smallest absolute Gasteiger partial charge is 0.339 e. The van der Waals surface area contributed by atoms with Gasteiger partial charge in [0.2, 0.25) is 0 Å². The lowest BCUT2D eigenvalue weighted by atomic mass is 10.0. The minimum atomic E-state index is -0.586. The fourth-order valence-corrected chi connectivity index (χ4v) is 3.84. The lowest BCUT2D eigenvalue weighted by molar-refractivity contribution is -0.124. The van der Waals surface area contributed by atoms with Gasteiger partial charge in [-0.3, -0.25) is 4.79 Å². The summed E-state index contributed by atoms with van der Waals surface area (Å²) >= 11 is 3.47. The minimum absolute atomic E-state index is 0.269. The van der Waals surface area contributed by atoms with Gasteiger partial charge in [0.15, 0.2) is 6.61 Å². The van der Waals surface area contributed by atoms with Crippen molar-refractivity contribution in [2.45, 2.75) is 6.54 Å². The Labute approximate surface area is 199 Å². The van der Waals surface area contributed by atoms with Gasteiger partial charge in [-0.05, 0) is 30.3 Å². The first-order valence-corrected chi connectivity index (χ1v) is 11.1. The van der Waals surface area contributed by atoms with E-state index < -0.39 is 18.5 Å². The molecule has 4 rings (SSSR count). The second-order valence-electron chi connectivity index (χ2n) is 7.25. The molecular weight excluding hydrogens is 484 g/mol. The molecule has 166 valence electrons. The monoisotopic (exact) mass is 504 g/mol. The highest BCUT2D eigenvalue weighted by Gasteiger charge is 2.17. The van der Waals surface area contributed by atoms with Gasteiger partial charge in [-0.15, -0.1) is 0 Å². The summed E-state index contributed by atoms with van der Waals surface area (Å²) in [6.45, 7) is -0.123. The number of nitrogens with zero attached hydrogens (tertiary/aromatic N) is 1. The Hall–Kier alpha value is -3.71. The Bertz CT molecular complexity index is 1320. The first kappa shape index (κ1) is 22.5. The normalized spacial score (nSPS) is 10.6. The lowest BCUT2D eigenvalue weighted by Crippen LogP contribution is -2.28. The Morgan fingerprint density at radius 3 is 2.58 bits per heavy atom. The van der Waals surface area contributed by atoms with Crippen LogP contribution in [0, 0.1) is 0 Å². The minimum Gasteiger partial charge on any atom is -0.496 e. The molecule has 4 aromatic rings. The van der Waals surface area contributed by atoms with Crippen molar-refractivity contribution in [3.8, 4) is 17.0 Å². The first-order chi connectivity index (χ1) is 16.0. The van der Waals surface area contributed by atoms with Gasteiger partial charge >= 0.3 is 5.97 Å². The summed E-state index contributed by atoms with van der Waals surface area (Å²) in [5, 5.41) is 3.41. The maximum Gasteiger partial charge on any atom is 0.339 e. The Morgan fingerprint density at radius 1 is 0.970 bits per heavy atom. The van der Waals surface area contributed by atoms with Crippen LogP contribution in [0.1, 0.15) is 15.9 Å². The maximum absolute atomic E-state index is 12.9. The van der Waals surface area contributed by atoms with E-state index in [0.717, 1.165) is 15.6 Å².